The van der Waals surface area contributed by atoms with E-state index in [1.807, 2.05) is 6.07 Å². The normalized spacial score (nSPS) is 20.4. The van der Waals surface area contributed by atoms with Crippen LogP contribution in [-0.4, -0.2) is 83.8 Å². The van der Waals surface area contributed by atoms with Crippen LogP contribution in [0, 0.1) is 17.1 Å². The van der Waals surface area contributed by atoms with Gasteiger partial charge in [-0.1, -0.05) is 6.58 Å². The highest BCUT2D eigenvalue weighted by Crippen LogP contribution is 2.45. The van der Waals surface area contributed by atoms with E-state index < -0.39 is 47.1 Å². The number of alkyl halides is 4. The van der Waals surface area contributed by atoms with E-state index in [4.69, 9.17) is 14.9 Å². The molecule has 2 N–H and O–H groups in total. The molecule has 48 heavy (non-hydrogen) atoms. The van der Waals surface area contributed by atoms with Gasteiger partial charge in [0.2, 0.25) is 0 Å². The molecule has 1 amide bonds. The molecule has 4 aromatic rings. The highest BCUT2D eigenvalue weighted by atomic mass is 19.4. The number of aromatic nitrogens is 2. The molecule has 0 bridgehead atoms. The summed E-state index contributed by atoms with van der Waals surface area (Å²) in [6, 6.07) is 5.09. The summed E-state index contributed by atoms with van der Waals surface area (Å²) in [5.74, 6) is -3.48. The lowest BCUT2D eigenvalue weighted by Crippen LogP contribution is -2.55. The lowest BCUT2D eigenvalue weighted by atomic mass is 9.94. The average Bonchev–Trinajstić information content (AvgIpc) is 3.63. The van der Waals surface area contributed by atoms with E-state index in [1.54, 1.807) is 16.8 Å². The fourth-order valence-electron chi connectivity index (χ4n) is 6.47. The Bertz CT molecular complexity index is 1960. The number of ether oxygens (including phenoxy) is 1. The second-order valence-electron chi connectivity index (χ2n) is 11.8. The Morgan fingerprint density at radius 3 is 2.62 bits per heavy atom. The number of carbonyl (C=O) groups is 1. The van der Waals surface area contributed by atoms with E-state index in [-0.39, 0.29) is 96.6 Å². The third kappa shape index (κ3) is 6.05. The number of rotatable bonds is 7. The third-order valence-electron chi connectivity index (χ3n) is 8.69. The van der Waals surface area contributed by atoms with E-state index in [0.717, 1.165) is 6.07 Å². The fraction of sp³-hybridized carbons (Fsp3) is 0.375. The Labute approximate surface area is 270 Å². The molecule has 3 atom stereocenters. The molecule has 6 rings (SSSR count). The summed E-state index contributed by atoms with van der Waals surface area (Å²) in [5.41, 5.74) is 3.57. The first kappa shape index (κ1) is 32.9. The molecule has 2 fully saturated rings. The minimum atomic E-state index is -5.08. The van der Waals surface area contributed by atoms with Crippen LogP contribution in [0.5, 0.6) is 6.01 Å². The molecule has 2 aliphatic heterocycles. The maximum absolute atomic E-state index is 14.9. The maximum atomic E-state index is 14.9. The van der Waals surface area contributed by atoms with Crippen molar-refractivity contribution < 1.29 is 40.3 Å². The highest BCUT2D eigenvalue weighted by Gasteiger charge is 2.39. The molecular weight excluding hydrogens is 644 g/mol. The molecule has 0 unspecified atom stereocenters. The molecule has 2 aromatic heterocycles. The van der Waals surface area contributed by atoms with Crippen LogP contribution >= 0.6 is 0 Å². The molecule has 2 aromatic carbocycles. The number of nitriles is 1. The Morgan fingerprint density at radius 1 is 1.19 bits per heavy atom. The summed E-state index contributed by atoms with van der Waals surface area (Å²) in [5, 5.41) is 9.92. The highest BCUT2D eigenvalue weighted by molar-refractivity contribution is 6.14. The summed E-state index contributed by atoms with van der Waals surface area (Å²) in [6.07, 6.45) is -4.82. The summed E-state index contributed by atoms with van der Waals surface area (Å²) < 4.78 is 97.2. The van der Waals surface area contributed by atoms with Crippen molar-refractivity contribution >= 4 is 39.3 Å². The Balaban J connectivity index is 1.53. The summed E-state index contributed by atoms with van der Waals surface area (Å²) in [4.78, 5) is 26.4. The van der Waals surface area contributed by atoms with Gasteiger partial charge in [0.1, 0.15) is 30.0 Å². The van der Waals surface area contributed by atoms with Crippen LogP contribution in [-0.2, 0) is 11.0 Å². The topological polar surface area (TPSA) is 125 Å². The first-order valence-corrected chi connectivity index (χ1v) is 14.9. The molecule has 0 aliphatic carbocycles. The van der Waals surface area contributed by atoms with E-state index in [2.05, 4.69) is 16.5 Å². The van der Waals surface area contributed by atoms with Gasteiger partial charge in [0.25, 0.3) is 5.91 Å². The number of carbonyl (C=O) groups excluding carboxylic acids is 1. The number of anilines is 2. The SMILES string of the molecule is C=C(F)C(=O)N1CCN(c2nc(OC[C@@H]3C[C@@H](F)CN3C)nc3cc(-c4cc(N)cc(F)c4C(F)(F)F)c4ccoc4c23)C[C@@H]1CC#N. The minimum Gasteiger partial charge on any atom is -0.463 e. The maximum Gasteiger partial charge on any atom is 0.419 e. The number of nitrogens with two attached hydrogens (primary N) is 1. The second-order valence-corrected chi connectivity index (χ2v) is 11.8. The summed E-state index contributed by atoms with van der Waals surface area (Å²) >= 11 is 0. The zero-order valence-electron chi connectivity index (χ0n) is 25.5. The lowest BCUT2D eigenvalue weighted by Gasteiger charge is -2.41. The molecule has 10 nitrogen and oxygen atoms in total. The number of benzene rings is 2. The van der Waals surface area contributed by atoms with Gasteiger partial charge in [-0.3, -0.25) is 9.69 Å². The van der Waals surface area contributed by atoms with Gasteiger partial charge in [-0.05, 0) is 48.9 Å². The van der Waals surface area contributed by atoms with Gasteiger partial charge < -0.3 is 24.7 Å². The van der Waals surface area contributed by atoms with Gasteiger partial charge in [-0.25, -0.2) is 13.2 Å². The molecule has 4 heterocycles. The largest absolute Gasteiger partial charge is 0.463 e. The monoisotopic (exact) mass is 673 g/mol. The van der Waals surface area contributed by atoms with Crippen molar-refractivity contribution in [2.45, 2.75) is 37.3 Å². The number of halogens is 6. The number of hydrogen-bond donors (Lipinski definition) is 1. The van der Waals surface area contributed by atoms with Crippen molar-refractivity contribution in [3.63, 3.8) is 0 Å². The Hall–Kier alpha value is -5.04. The fourth-order valence-corrected chi connectivity index (χ4v) is 6.47. The first-order valence-electron chi connectivity index (χ1n) is 14.9. The predicted octanol–water partition coefficient (Wildman–Crippen LogP) is 5.62. The number of fused-ring (bicyclic) bond motifs is 3. The molecule has 16 heteroatoms. The number of hydrogen-bond acceptors (Lipinski definition) is 9. The van der Waals surface area contributed by atoms with Crippen molar-refractivity contribution in [1.29, 1.82) is 5.26 Å². The van der Waals surface area contributed by atoms with Crippen LogP contribution < -0.4 is 15.4 Å². The zero-order chi connectivity index (χ0) is 34.5. The number of furan rings is 1. The van der Waals surface area contributed by atoms with Gasteiger partial charge in [0.05, 0.1) is 41.3 Å². The van der Waals surface area contributed by atoms with Crippen LogP contribution in [0.2, 0.25) is 0 Å². The average molecular weight is 674 g/mol. The van der Waals surface area contributed by atoms with Crippen LogP contribution in [0.25, 0.3) is 33.0 Å². The van der Waals surface area contributed by atoms with Gasteiger partial charge >= 0.3 is 12.2 Å². The summed E-state index contributed by atoms with van der Waals surface area (Å²) in [7, 11) is 1.74. The number of nitrogens with zero attached hydrogens (tertiary/aromatic N) is 6. The standard InChI is InChI=1S/C32H29F6N7O3/c1-16(33)30(46)45-7-6-44(14-19(45)3-5-39)29-26-25(41-31(42-29)48-15-20-9-17(34)13-43(20)2)12-22(21-4-8-47-28(21)26)23-10-18(40)11-24(35)27(23)32(36,37)38/h4,8,10-12,17,19-20H,1,3,6-7,9,13-15,40H2,2H3/t17-,19+,20+/m1/s1. The van der Waals surface area contributed by atoms with Gasteiger partial charge in [0.15, 0.2) is 5.83 Å². The molecule has 0 saturated carbocycles. The van der Waals surface area contributed by atoms with Crippen molar-refractivity contribution in [2.75, 3.05) is 50.5 Å². The molecule has 252 valence electrons. The van der Waals surface area contributed by atoms with Crippen LogP contribution in [0.1, 0.15) is 18.4 Å². The lowest BCUT2D eigenvalue weighted by molar-refractivity contribution is -0.139. The molecule has 0 radical (unpaired) electrons. The summed E-state index contributed by atoms with van der Waals surface area (Å²) in [6.45, 7) is 3.38. The molecule has 2 saturated heterocycles. The van der Waals surface area contributed by atoms with Crippen LogP contribution in [0.15, 0.2) is 47.4 Å². The number of likely N-dealkylation sites (N-methyl/N-ethyl adjacent to an activating group) is 1. The second kappa shape index (κ2) is 12.5. The smallest absolute Gasteiger partial charge is 0.419 e. The quantitative estimate of drug-likeness (QED) is 0.151. The van der Waals surface area contributed by atoms with E-state index in [1.165, 1.54) is 23.3 Å². The molecule has 2 aliphatic rings. The zero-order valence-corrected chi connectivity index (χ0v) is 25.5. The van der Waals surface area contributed by atoms with Crippen LogP contribution in [0.4, 0.5) is 37.8 Å². The number of piperazine rings is 1. The van der Waals surface area contributed by atoms with Crippen molar-refractivity contribution in [2.24, 2.45) is 0 Å². The number of likely N-dealkylation sites (tertiary alicyclic amines) is 1. The molecular formula is C32H29F6N7O3. The molecule has 0 spiro atoms. The van der Waals surface area contributed by atoms with Gasteiger partial charge in [-0.15, -0.1) is 0 Å². The van der Waals surface area contributed by atoms with Crippen molar-refractivity contribution in [3.8, 4) is 23.2 Å². The third-order valence-corrected chi connectivity index (χ3v) is 8.69. The van der Waals surface area contributed by atoms with Crippen molar-refractivity contribution in [1.82, 2.24) is 19.8 Å². The Morgan fingerprint density at radius 2 is 1.96 bits per heavy atom. The van der Waals surface area contributed by atoms with Crippen molar-refractivity contribution in [3.05, 3.63) is 54.3 Å². The van der Waals surface area contributed by atoms with E-state index >= 15 is 0 Å². The Kier molecular flexibility index (Phi) is 8.58. The van der Waals surface area contributed by atoms with Crippen LogP contribution in [0.3, 0.4) is 0 Å². The number of amides is 1. The minimum absolute atomic E-state index is 0.00563. The predicted molar refractivity (Wildman–Crippen MR) is 164 cm³/mol. The van der Waals surface area contributed by atoms with Gasteiger partial charge in [0, 0.05) is 43.3 Å². The van der Waals surface area contributed by atoms with E-state index in [0.29, 0.717) is 6.07 Å². The van der Waals surface area contributed by atoms with E-state index in [9.17, 15) is 36.4 Å². The number of nitrogen functional groups attached to an aromatic ring is 1. The van der Waals surface area contributed by atoms with Gasteiger partial charge in [-0.2, -0.15) is 28.4 Å². The first-order chi connectivity index (χ1) is 22.8.